The third kappa shape index (κ3) is 6.18. The molecule has 0 saturated carbocycles. The summed E-state index contributed by atoms with van der Waals surface area (Å²) in [5, 5.41) is 14.8. The van der Waals surface area contributed by atoms with E-state index in [1.165, 1.54) is 11.8 Å². The first-order valence-electron chi connectivity index (χ1n) is 10.1. The summed E-state index contributed by atoms with van der Waals surface area (Å²) in [5.41, 5.74) is 4.86. The number of benzene rings is 2. The Morgan fingerprint density at radius 1 is 0.935 bits per heavy atom. The molecule has 162 valence electrons. The Morgan fingerprint density at radius 3 is 2.32 bits per heavy atom. The molecule has 0 saturated heterocycles. The summed E-state index contributed by atoms with van der Waals surface area (Å²) in [5.74, 6) is 0.516. The molecule has 2 N–H and O–H groups in total. The maximum atomic E-state index is 12.4. The Balaban J connectivity index is 1.58. The van der Waals surface area contributed by atoms with Crippen molar-refractivity contribution in [3.63, 3.8) is 0 Å². The van der Waals surface area contributed by atoms with Gasteiger partial charge in [-0.2, -0.15) is 0 Å². The van der Waals surface area contributed by atoms with Crippen molar-refractivity contribution in [1.82, 2.24) is 14.8 Å². The van der Waals surface area contributed by atoms with Crippen LogP contribution in [0.3, 0.4) is 0 Å². The lowest BCUT2D eigenvalue weighted by molar-refractivity contribution is -0.116. The van der Waals surface area contributed by atoms with E-state index in [0.29, 0.717) is 17.5 Å². The standard InChI is InChI=1S/C23H27N5O2S/c1-5-28-20(13-21(29)24-18-9-6-15(2)7-10-18)26-27-23(28)31-14-22(30)25-19-11-8-16(3)12-17(19)4/h6-12H,5,13-14H2,1-4H3,(H,24,29)(H,25,30). The van der Waals surface area contributed by atoms with Crippen molar-refractivity contribution < 1.29 is 9.59 Å². The average molecular weight is 438 g/mol. The molecule has 0 atom stereocenters. The lowest BCUT2D eigenvalue weighted by Gasteiger charge is -2.10. The quantitative estimate of drug-likeness (QED) is 0.517. The Bertz CT molecular complexity index is 1080. The molecule has 0 bridgehead atoms. The predicted molar refractivity (Wildman–Crippen MR) is 124 cm³/mol. The fourth-order valence-corrected chi connectivity index (χ4v) is 3.95. The van der Waals surface area contributed by atoms with Crippen LogP contribution < -0.4 is 10.6 Å². The van der Waals surface area contributed by atoms with Gasteiger partial charge in [0, 0.05) is 17.9 Å². The summed E-state index contributed by atoms with van der Waals surface area (Å²) in [4.78, 5) is 24.8. The average Bonchev–Trinajstić information content (AvgIpc) is 3.11. The highest BCUT2D eigenvalue weighted by Crippen LogP contribution is 2.20. The Morgan fingerprint density at radius 2 is 1.65 bits per heavy atom. The molecule has 8 heteroatoms. The van der Waals surface area contributed by atoms with E-state index in [0.717, 1.165) is 28.1 Å². The van der Waals surface area contributed by atoms with E-state index in [1.807, 2.05) is 74.7 Å². The van der Waals surface area contributed by atoms with Crippen molar-refractivity contribution in [2.75, 3.05) is 16.4 Å². The molecule has 3 rings (SSSR count). The van der Waals surface area contributed by atoms with E-state index in [2.05, 4.69) is 20.8 Å². The molecule has 0 fully saturated rings. The monoisotopic (exact) mass is 437 g/mol. The SMILES string of the molecule is CCn1c(CC(=O)Nc2ccc(C)cc2)nnc1SCC(=O)Nc1ccc(C)cc1C. The van der Waals surface area contributed by atoms with Crippen LogP contribution in [0.15, 0.2) is 47.6 Å². The number of nitrogens with zero attached hydrogens (tertiary/aromatic N) is 3. The second kappa shape index (κ2) is 10.3. The maximum absolute atomic E-state index is 12.4. The van der Waals surface area contributed by atoms with Crippen LogP contribution in [-0.4, -0.2) is 32.3 Å². The van der Waals surface area contributed by atoms with E-state index >= 15 is 0 Å². The van der Waals surface area contributed by atoms with Gasteiger partial charge in [-0.05, 0) is 51.5 Å². The number of nitrogens with one attached hydrogen (secondary N) is 2. The van der Waals surface area contributed by atoms with Crippen LogP contribution in [-0.2, 0) is 22.6 Å². The number of amides is 2. The van der Waals surface area contributed by atoms with Gasteiger partial charge in [0.25, 0.3) is 0 Å². The Labute approximate surface area is 186 Å². The fraction of sp³-hybridized carbons (Fsp3) is 0.304. The van der Waals surface area contributed by atoms with Gasteiger partial charge < -0.3 is 15.2 Å². The molecule has 0 aliphatic rings. The van der Waals surface area contributed by atoms with E-state index in [-0.39, 0.29) is 24.0 Å². The number of rotatable bonds is 8. The molecule has 7 nitrogen and oxygen atoms in total. The Hall–Kier alpha value is -3.13. The van der Waals surface area contributed by atoms with Crippen molar-refractivity contribution in [3.8, 4) is 0 Å². The Kier molecular flexibility index (Phi) is 7.46. The van der Waals surface area contributed by atoms with Gasteiger partial charge in [0.2, 0.25) is 11.8 Å². The summed E-state index contributed by atoms with van der Waals surface area (Å²) in [6.45, 7) is 8.56. The molecular weight excluding hydrogens is 410 g/mol. The van der Waals surface area contributed by atoms with E-state index in [4.69, 9.17) is 0 Å². The van der Waals surface area contributed by atoms with Crippen molar-refractivity contribution in [3.05, 3.63) is 65.0 Å². The van der Waals surface area contributed by atoms with Gasteiger partial charge in [-0.25, -0.2) is 0 Å². The zero-order valence-electron chi connectivity index (χ0n) is 18.2. The maximum Gasteiger partial charge on any atom is 0.234 e. The molecule has 0 radical (unpaired) electrons. The van der Waals surface area contributed by atoms with Crippen LogP contribution >= 0.6 is 11.8 Å². The summed E-state index contributed by atoms with van der Waals surface area (Å²) in [7, 11) is 0. The highest BCUT2D eigenvalue weighted by atomic mass is 32.2. The molecular formula is C23H27N5O2S. The fourth-order valence-electron chi connectivity index (χ4n) is 3.13. The van der Waals surface area contributed by atoms with Crippen molar-refractivity contribution in [1.29, 1.82) is 0 Å². The van der Waals surface area contributed by atoms with Crippen LogP contribution in [0.25, 0.3) is 0 Å². The van der Waals surface area contributed by atoms with Gasteiger partial charge in [0.1, 0.15) is 5.82 Å². The lowest BCUT2D eigenvalue weighted by Crippen LogP contribution is -2.18. The van der Waals surface area contributed by atoms with Gasteiger partial charge in [-0.15, -0.1) is 10.2 Å². The normalized spacial score (nSPS) is 10.7. The molecule has 0 aliphatic carbocycles. The molecule has 2 amide bonds. The minimum Gasteiger partial charge on any atom is -0.326 e. The van der Waals surface area contributed by atoms with E-state index in [9.17, 15) is 9.59 Å². The van der Waals surface area contributed by atoms with Crippen molar-refractivity contribution in [2.45, 2.75) is 45.8 Å². The molecule has 1 aromatic heterocycles. The number of anilines is 2. The smallest absolute Gasteiger partial charge is 0.234 e. The van der Waals surface area contributed by atoms with Crippen LogP contribution in [0.1, 0.15) is 29.4 Å². The van der Waals surface area contributed by atoms with Crippen molar-refractivity contribution >= 4 is 35.0 Å². The number of carbonyl (C=O) groups excluding carboxylic acids is 2. The molecule has 31 heavy (non-hydrogen) atoms. The molecule has 0 unspecified atom stereocenters. The topological polar surface area (TPSA) is 88.9 Å². The summed E-state index contributed by atoms with van der Waals surface area (Å²) < 4.78 is 1.86. The first kappa shape index (κ1) is 22.6. The van der Waals surface area contributed by atoms with Crippen LogP contribution in [0, 0.1) is 20.8 Å². The molecule has 3 aromatic rings. The van der Waals surface area contributed by atoms with Crippen LogP contribution in [0.5, 0.6) is 0 Å². The lowest BCUT2D eigenvalue weighted by atomic mass is 10.1. The summed E-state index contributed by atoms with van der Waals surface area (Å²) >= 11 is 1.31. The van der Waals surface area contributed by atoms with E-state index in [1.54, 1.807) is 0 Å². The summed E-state index contributed by atoms with van der Waals surface area (Å²) in [6, 6.07) is 13.5. The first-order chi connectivity index (χ1) is 14.9. The minimum atomic E-state index is -0.157. The number of aromatic nitrogens is 3. The molecule has 1 heterocycles. The largest absolute Gasteiger partial charge is 0.326 e. The van der Waals surface area contributed by atoms with Crippen molar-refractivity contribution in [2.24, 2.45) is 0 Å². The van der Waals surface area contributed by atoms with E-state index < -0.39 is 0 Å². The van der Waals surface area contributed by atoms with Gasteiger partial charge in [-0.1, -0.05) is 47.2 Å². The molecule has 2 aromatic carbocycles. The third-order valence-electron chi connectivity index (χ3n) is 4.75. The van der Waals surface area contributed by atoms with Gasteiger partial charge in [0.15, 0.2) is 5.16 Å². The molecule has 0 aliphatic heterocycles. The second-order valence-corrected chi connectivity index (χ2v) is 8.33. The van der Waals surface area contributed by atoms with Gasteiger partial charge >= 0.3 is 0 Å². The van der Waals surface area contributed by atoms with Gasteiger partial charge in [0.05, 0.1) is 12.2 Å². The number of carbonyl (C=O) groups is 2. The number of hydrogen-bond acceptors (Lipinski definition) is 5. The zero-order valence-corrected chi connectivity index (χ0v) is 19.0. The minimum absolute atomic E-state index is 0.110. The predicted octanol–water partition coefficient (Wildman–Crippen LogP) is 4.14. The number of thioether (sulfide) groups is 1. The van der Waals surface area contributed by atoms with Gasteiger partial charge in [-0.3, -0.25) is 9.59 Å². The highest BCUT2D eigenvalue weighted by molar-refractivity contribution is 7.99. The van der Waals surface area contributed by atoms with Crippen LogP contribution in [0.2, 0.25) is 0 Å². The third-order valence-corrected chi connectivity index (χ3v) is 5.72. The number of aryl methyl sites for hydroxylation is 3. The molecule has 0 spiro atoms. The number of hydrogen-bond donors (Lipinski definition) is 2. The summed E-state index contributed by atoms with van der Waals surface area (Å²) in [6.07, 6.45) is 0.115. The van der Waals surface area contributed by atoms with Crippen LogP contribution in [0.4, 0.5) is 11.4 Å². The highest BCUT2D eigenvalue weighted by Gasteiger charge is 2.16. The first-order valence-corrected chi connectivity index (χ1v) is 11.1. The second-order valence-electron chi connectivity index (χ2n) is 7.39. The zero-order chi connectivity index (χ0) is 22.4.